The highest BCUT2D eigenvalue weighted by Gasteiger charge is 2.42. The van der Waals surface area contributed by atoms with Crippen LogP contribution in [0.3, 0.4) is 0 Å². The molecule has 0 fully saturated rings. The van der Waals surface area contributed by atoms with Gasteiger partial charge in [-0.2, -0.15) is 0 Å². The molecule has 2 heterocycles. The molecule has 0 aliphatic carbocycles. The Balaban J connectivity index is 2.37. The lowest BCUT2D eigenvalue weighted by atomic mass is 9.73. The molecule has 3 N–H and O–H groups in total. The summed E-state index contributed by atoms with van der Waals surface area (Å²) < 4.78 is 0. The van der Waals surface area contributed by atoms with Crippen molar-refractivity contribution in [3.05, 3.63) is 47.3 Å². The Morgan fingerprint density at radius 2 is 1.91 bits per heavy atom. The second kappa shape index (κ2) is 11.7. The number of carbonyl (C=O) groups excluding carboxylic acids is 2. The Morgan fingerprint density at radius 1 is 1.21 bits per heavy atom. The summed E-state index contributed by atoms with van der Waals surface area (Å²) >= 11 is 0. The van der Waals surface area contributed by atoms with Crippen molar-refractivity contribution in [2.45, 2.75) is 85.5 Å². The molecule has 0 saturated carbocycles. The maximum atomic E-state index is 13.1. The number of hydrogen-bond donors (Lipinski definition) is 3. The van der Waals surface area contributed by atoms with Crippen molar-refractivity contribution < 1.29 is 19.8 Å². The first kappa shape index (κ1) is 26.9. The molecule has 0 spiro atoms. The Labute approximate surface area is 198 Å². The van der Waals surface area contributed by atoms with E-state index >= 15 is 0 Å². The molecule has 6 heteroatoms. The molecule has 5 unspecified atom stereocenters. The Bertz CT molecular complexity index is 875. The van der Waals surface area contributed by atoms with Crippen LogP contribution < -0.4 is 5.32 Å². The van der Waals surface area contributed by atoms with Crippen molar-refractivity contribution in [2.75, 3.05) is 0 Å². The van der Waals surface area contributed by atoms with E-state index in [1.807, 2.05) is 51.1 Å². The average Bonchev–Trinajstić information content (AvgIpc) is 2.76. The predicted octanol–water partition coefficient (Wildman–Crippen LogP) is 4.08. The van der Waals surface area contributed by atoms with Crippen LogP contribution in [0.25, 0.3) is 6.08 Å². The maximum absolute atomic E-state index is 13.1. The van der Waals surface area contributed by atoms with Gasteiger partial charge in [-0.05, 0) is 62.8 Å². The second-order valence-corrected chi connectivity index (χ2v) is 10.2. The first-order chi connectivity index (χ1) is 15.4. The molecular formula is C27H40N2O4. The van der Waals surface area contributed by atoms with E-state index in [2.05, 4.69) is 10.3 Å². The zero-order chi connectivity index (χ0) is 24.8. The highest BCUT2D eigenvalue weighted by molar-refractivity contribution is 5.88. The van der Waals surface area contributed by atoms with E-state index in [1.165, 1.54) is 0 Å². The molecule has 5 atom stereocenters. The molecule has 33 heavy (non-hydrogen) atoms. The molecule has 0 saturated heterocycles. The average molecular weight is 457 g/mol. The molecule has 182 valence electrons. The van der Waals surface area contributed by atoms with Crippen LogP contribution in [0.5, 0.6) is 0 Å². The van der Waals surface area contributed by atoms with Gasteiger partial charge in [0.15, 0.2) is 0 Å². The van der Waals surface area contributed by atoms with Crippen LogP contribution in [-0.2, 0) is 9.59 Å². The minimum Gasteiger partial charge on any atom is -0.392 e. The first-order valence-corrected chi connectivity index (χ1v) is 11.9. The van der Waals surface area contributed by atoms with Gasteiger partial charge in [0.1, 0.15) is 5.78 Å². The minimum absolute atomic E-state index is 0.0452. The summed E-state index contributed by atoms with van der Waals surface area (Å²) in [5.41, 5.74) is 1.70. The van der Waals surface area contributed by atoms with Crippen molar-refractivity contribution in [1.82, 2.24) is 10.3 Å². The van der Waals surface area contributed by atoms with Crippen molar-refractivity contribution in [3.63, 3.8) is 0 Å². The number of aliphatic hydroxyl groups excluding tert-OH is 2. The van der Waals surface area contributed by atoms with Gasteiger partial charge in [-0.25, -0.2) is 0 Å². The quantitative estimate of drug-likeness (QED) is 0.583. The maximum Gasteiger partial charge on any atom is 0.223 e. The lowest BCUT2D eigenvalue weighted by Crippen LogP contribution is -2.47. The molecule has 1 aliphatic rings. The number of hydrogen-bond acceptors (Lipinski definition) is 5. The number of rotatable bonds is 2. The normalized spacial score (nSPS) is 32.2. The van der Waals surface area contributed by atoms with E-state index in [-0.39, 0.29) is 30.1 Å². The fraction of sp³-hybridized carbons (Fsp3) is 0.593. The SMILES string of the molecule is C/C1=C/C(/C(C)=C/c2ccccn2)NC(=O)CC(O)C(C)(C)C(=O)C(C)C(O)C(C)CCC1. The standard InChI is InChI=1S/C27H40N2O4/c1-17-10-9-11-18(2)25(32)20(4)26(33)27(5,6)23(30)16-24(31)29-22(14-17)19(3)15-21-12-7-8-13-28-21/h7-8,12-15,18,20,22-23,25,30,32H,9-11,16H2,1-6H3,(H,29,31)/b17-14-,19-15+. The summed E-state index contributed by atoms with van der Waals surface area (Å²) in [4.78, 5) is 30.4. The van der Waals surface area contributed by atoms with Crippen LogP contribution in [0.4, 0.5) is 0 Å². The third-order valence-electron chi connectivity index (χ3n) is 6.91. The van der Waals surface area contributed by atoms with Crippen LogP contribution >= 0.6 is 0 Å². The Morgan fingerprint density at radius 3 is 2.55 bits per heavy atom. The van der Waals surface area contributed by atoms with Crippen LogP contribution in [0.2, 0.25) is 0 Å². The van der Waals surface area contributed by atoms with Gasteiger partial charge in [-0.3, -0.25) is 14.6 Å². The molecule has 1 aromatic rings. The fourth-order valence-electron chi connectivity index (χ4n) is 4.37. The van der Waals surface area contributed by atoms with Crippen molar-refractivity contribution >= 4 is 17.8 Å². The molecule has 0 radical (unpaired) electrons. The van der Waals surface area contributed by atoms with Crippen molar-refractivity contribution in [3.8, 4) is 0 Å². The molecule has 0 aromatic carbocycles. The number of aliphatic hydroxyl groups is 2. The zero-order valence-corrected chi connectivity index (χ0v) is 20.8. The molecule has 1 amide bonds. The lowest BCUT2D eigenvalue weighted by molar-refractivity contribution is -0.143. The van der Waals surface area contributed by atoms with Crippen LogP contribution in [0, 0.1) is 17.3 Å². The van der Waals surface area contributed by atoms with Gasteiger partial charge in [0.05, 0.1) is 35.8 Å². The molecule has 1 aliphatic heterocycles. The third kappa shape index (κ3) is 7.34. The molecule has 6 nitrogen and oxygen atoms in total. The lowest BCUT2D eigenvalue weighted by Gasteiger charge is -2.34. The van der Waals surface area contributed by atoms with E-state index in [0.29, 0.717) is 0 Å². The number of amides is 1. The van der Waals surface area contributed by atoms with E-state index in [4.69, 9.17) is 0 Å². The van der Waals surface area contributed by atoms with Crippen LogP contribution in [0.15, 0.2) is 41.6 Å². The summed E-state index contributed by atoms with van der Waals surface area (Å²) in [6.45, 7) is 10.9. The topological polar surface area (TPSA) is 99.5 Å². The smallest absolute Gasteiger partial charge is 0.223 e. The van der Waals surface area contributed by atoms with Crippen molar-refractivity contribution in [2.24, 2.45) is 17.3 Å². The fourth-order valence-corrected chi connectivity index (χ4v) is 4.37. The molecule has 0 bridgehead atoms. The van der Waals surface area contributed by atoms with Gasteiger partial charge in [-0.1, -0.05) is 45.4 Å². The number of allylic oxidation sites excluding steroid dienone is 1. The largest absolute Gasteiger partial charge is 0.392 e. The zero-order valence-electron chi connectivity index (χ0n) is 20.8. The van der Waals surface area contributed by atoms with Gasteiger partial charge in [0.2, 0.25) is 5.91 Å². The third-order valence-corrected chi connectivity index (χ3v) is 6.91. The van der Waals surface area contributed by atoms with Gasteiger partial charge in [-0.15, -0.1) is 0 Å². The monoisotopic (exact) mass is 456 g/mol. The van der Waals surface area contributed by atoms with E-state index < -0.39 is 23.5 Å². The molecule has 2 rings (SSSR count). The highest BCUT2D eigenvalue weighted by atomic mass is 16.3. The number of Topliss-reactive ketones (excluding diaryl/α,β-unsaturated/α-hetero) is 1. The van der Waals surface area contributed by atoms with E-state index in [9.17, 15) is 19.8 Å². The number of ketones is 1. The number of pyridine rings is 1. The van der Waals surface area contributed by atoms with Gasteiger partial charge >= 0.3 is 0 Å². The Kier molecular flexibility index (Phi) is 9.56. The molecular weight excluding hydrogens is 416 g/mol. The van der Waals surface area contributed by atoms with Crippen molar-refractivity contribution in [1.29, 1.82) is 0 Å². The van der Waals surface area contributed by atoms with Gasteiger partial charge in [0.25, 0.3) is 0 Å². The first-order valence-electron chi connectivity index (χ1n) is 11.9. The van der Waals surface area contributed by atoms with Crippen LogP contribution in [-0.4, -0.2) is 45.1 Å². The van der Waals surface area contributed by atoms with Gasteiger partial charge < -0.3 is 15.5 Å². The van der Waals surface area contributed by atoms with E-state index in [0.717, 1.165) is 36.1 Å². The van der Waals surface area contributed by atoms with Gasteiger partial charge in [0, 0.05) is 12.1 Å². The Hall–Kier alpha value is -2.31. The van der Waals surface area contributed by atoms with E-state index in [1.54, 1.807) is 27.0 Å². The summed E-state index contributed by atoms with van der Waals surface area (Å²) in [7, 11) is 0. The van der Waals surface area contributed by atoms with Crippen LogP contribution in [0.1, 0.15) is 72.9 Å². The molecule has 1 aromatic heterocycles. The number of carbonyl (C=O) groups is 2. The minimum atomic E-state index is -1.16. The number of aromatic nitrogens is 1. The number of nitrogens with zero attached hydrogens (tertiary/aromatic N) is 1. The number of nitrogens with one attached hydrogen (secondary N) is 1. The second-order valence-electron chi connectivity index (χ2n) is 10.2. The summed E-state index contributed by atoms with van der Waals surface area (Å²) in [6.07, 6.45) is 6.04. The predicted molar refractivity (Wildman–Crippen MR) is 131 cm³/mol. The summed E-state index contributed by atoms with van der Waals surface area (Å²) in [5.74, 6) is -1.22. The summed E-state index contributed by atoms with van der Waals surface area (Å²) in [5, 5.41) is 24.6. The summed E-state index contributed by atoms with van der Waals surface area (Å²) in [6, 6.07) is 5.32. The highest BCUT2D eigenvalue weighted by Crippen LogP contribution is 2.32.